The number of rotatable bonds is 4. The monoisotopic (exact) mass is 375 g/mol. The average Bonchev–Trinajstić information content (AvgIpc) is 3.01. The number of aromatic nitrogens is 1. The second-order valence-corrected chi connectivity index (χ2v) is 8.04. The molecule has 0 bridgehead atoms. The number of fused-ring (bicyclic) bond motifs is 1. The molecule has 3 aromatic carbocycles. The van der Waals surface area contributed by atoms with E-state index in [9.17, 15) is 13.2 Å². The van der Waals surface area contributed by atoms with Crippen molar-refractivity contribution < 1.29 is 13.2 Å². The molecule has 1 aromatic heterocycles. The molecule has 0 saturated heterocycles. The Hall–Kier alpha value is -3.18. The van der Waals surface area contributed by atoms with Crippen LogP contribution < -0.4 is 0 Å². The summed E-state index contributed by atoms with van der Waals surface area (Å²) in [5.74, 6) is -0.189. The number of carbonyl (C=O) groups is 1. The average molecular weight is 375 g/mol. The lowest BCUT2D eigenvalue weighted by molar-refractivity contribution is 0.103. The molecule has 4 rings (SSSR count). The van der Waals surface area contributed by atoms with Crippen LogP contribution in [0.3, 0.4) is 0 Å². The fourth-order valence-electron chi connectivity index (χ4n) is 3.37. The van der Waals surface area contributed by atoms with Gasteiger partial charge < -0.3 is 0 Å². The normalized spacial score (nSPS) is 11.6. The predicted octanol–water partition coefficient (Wildman–Crippen LogP) is 4.42. The third-order valence-corrected chi connectivity index (χ3v) is 6.42. The number of hydrogen-bond acceptors (Lipinski definition) is 3. The zero-order chi connectivity index (χ0) is 19.0. The van der Waals surface area contributed by atoms with Crippen molar-refractivity contribution in [2.24, 2.45) is 0 Å². The van der Waals surface area contributed by atoms with Gasteiger partial charge in [-0.3, -0.25) is 4.79 Å². The number of carbonyl (C=O) groups excluding carboxylic acids is 1. The smallest absolute Gasteiger partial charge is 0.268 e. The standard InChI is InChI=1S/C22H17NO3S/c1-16-21(22(24)17-10-4-2-5-11-17)19-14-8-9-15-20(19)23(16)27(25,26)18-12-6-3-7-13-18/h2-15H,1H3. The minimum absolute atomic E-state index is 0.188. The highest BCUT2D eigenvalue weighted by Crippen LogP contribution is 2.31. The number of para-hydroxylation sites is 1. The van der Waals surface area contributed by atoms with Crippen LogP contribution in [0.1, 0.15) is 21.6 Å². The summed E-state index contributed by atoms with van der Waals surface area (Å²) in [4.78, 5) is 13.3. The second kappa shape index (κ2) is 6.52. The number of nitrogens with zero attached hydrogens (tertiary/aromatic N) is 1. The first-order valence-electron chi connectivity index (χ1n) is 8.52. The molecule has 0 aliphatic carbocycles. The molecular weight excluding hydrogens is 358 g/mol. The van der Waals surface area contributed by atoms with Crippen LogP contribution in [0, 0.1) is 6.92 Å². The van der Waals surface area contributed by atoms with Gasteiger partial charge in [0.1, 0.15) is 0 Å². The van der Waals surface area contributed by atoms with Crippen molar-refractivity contribution >= 4 is 26.7 Å². The van der Waals surface area contributed by atoms with Gasteiger partial charge in [-0.15, -0.1) is 0 Å². The molecule has 0 fully saturated rings. The van der Waals surface area contributed by atoms with Crippen LogP contribution in [0.15, 0.2) is 89.8 Å². The third kappa shape index (κ3) is 2.76. The van der Waals surface area contributed by atoms with Crippen molar-refractivity contribution in [1.82, 2.24) is 3.97 Å². The van der Waals surface area contributed by atoms with Gasteiger partial charge in [-0.1, -0.05) is 66.7 Å². The maximum atomic E-state index is 13.3. The van der Waals surface area contributed by atoms with Crippen molar-refractivity contribution in [3.05, 3.63) is 102 Å². The first-order valence-corrected chi connectivity index (χ1v) is 9.96. The van der Waals surface area contributed by atoms with Gasteiger partial charge in [-0.25, -0.2) is 12.4 Å². The van der Waals surface area contributed by atoms with Crippen LogP contribution in [0.4, 0.5) is 0 Å². The van der Waals surface area contributed by atoms with Gasteiger partial charge in [0.25, 0.3) is 10.0 Å². The zero-order valence-electron chi connectivity index (χ0n) is 14.7. The van der Waals surface area contributed by atoms with E-state index >= 15 is 0 Å². The van der Waals surface area contributed by atoms with Crippen molar-refractivity contribution in [3.8, 4) is 0 Å². The number of hydrogen-bond donors (Lipinski definition) is 0. The van der Waals surface area contributed by atoms with Gasteiger partial charge in [-0.05, 0) is 25.1 Å². The Balaban J connectivity index is 2.02. The molecule has 0 aliphatic heterocycles. The van der Waals surface area contributed by atoms with Crippen molar-refractivity contribution in [3.63, 3.8) is 0 Å². The summed E-state index contributed by atoms with van der Waals surface area (Å²) in [6, 6.07) is 24.2. The molecule has 0 unspecified atom stereocenters. The molecule has 4 nitrogen and oxygen atoms in total. The van der Waals surface area contributed by atoms with E-state index in [0.29, 0.717) is 27.7 Å². The highest BCUT2D eigenvalue weighted by atomic mass is 32.2. The molecule has 0 amide bonds. The van der Waals surface area contributed by atoms with Gasteiger partial charge in [0.15, 0.2) is 5.78 Å². The maximum Gasteiger partial charge on any atom is 0.268 e. The molecule has 1 heterocycles. The van der Waals surface area contributed by atoms with E-state index in [-0.39, 0.29) is 10.7 Å². The molecule has 5 heteroatoms. The molecule has 0 spiro atoms. The topological polar surface area (TPSA) is 56.1 Å². The van der Waals surface area contributed by atoms with Crippen molar-refractivity contribution in [2.45, 2.75) is 11.8 Å². The maximum absolute atomic E-state index is 13.3. The van der Waals surface area contributed by atoms with E-state index < -0.39 is 10.0 Å². The van der Waals surface area contributed by atoms with Crippen LogP contribution in [0.2, 0.25) is 0 Å². The molecule has 0 atom stereocenters. The lowest BCUT2D eigenvalue weighted by Gasteiger charge is -2.10. The molecular formula is C22H17NO3S. The second-order valence-electron chi connectivity index (χ2n) is 6.26. The summed E-state index contributed by atoms with van der Waals surface area (Å²) in [5.41, 5.74) is 1.85. The molecule has 0 N–H and O–H groups in total. The van der Waals surface area contributed by atoms with E-state index in [1.54, 1.807) is 79.7 Å². The molecule has 134 valence electrons. The van der Waals surface area contributed by atoms with Crippen LogP contribution in [-0.2, 0) is 10.0 Å². The Morgan fingerprint density at radius 2 is 1.33 bits per heavy atom. The van der Waals surface area contributed by atoms with Crippen LogP contribution >= 0.6 is 0 Å². The van der Waals surface area contributed by atoms with Gasteiger partial charge in [-0.2, -0.15) is 0 Å². The molecule has 0 aliphatic rings. The van der Waals surface area contributed by atoms with E-state index in [0.717, 1.165) is 0 Å². The molecule has 0 radical (unpaired) electrons. The van der Waals surface area contributed by atoms with E-state index in [1.807, 2.05) is 12.1 Å². The summed E-state index contributed by atoms with van der Waals surface area (Å²) < 4.78 is 27.9. The Labute approximate surface area is 157 Å². The van der Waals surface area contributed by atoms with E-state index in [2.05, 4.69) is 0 Å². The van der Waals surface area contributed by atoms with Crippen LogP contribution in [0.25, 0.3) is 10.9 Å². The van der Waals surface area contributed by atoms with Crippen LogP contribution in [-0.4, -0.2) is 18.2 Å². The Bertz CT molecular complexity index is 1240. The van der Waals surface area contributed by atoms with E-state index in [4.69, 9.17) is 0 Å². The molecule has 0 saturated carbocycles. The van der Waals surface area contributed by atoms with Crippen molar-refractivity contribution in [1.29, 1.82) is 0 Å². The first kappa shape index (κ1) is 17.2. The lowest BCUT2D eigenvalue weighted by Crippen LogP contribution is -2.15. The van der Waals surface area contributed by atoms with Crippen LogP contribution in [0.5, 0.6) is 0 Å². The number of ketones is 1. The minimum atomic E-state index is -3.83. The highest BCUT2D eigenvalue weighted by molar-refractivity contribution is 7.90. The van der Waals surface area contributed by atoms with Crippen molar-refractivity contribution in [2.75, 3.05) is 0 Å². The SMILES string of the molecule is Cc1c(C(=O)c2ccccc2)c2ccccc2n1S(=O)(=O)c1ccccc1. The minimum Gasteiger partial charge on any atom is -0.289 e. The number of benzene rings is 3. The fourth-order valence-corrected chi connectivity index (χ4v) is 4.95. The zero-order valence-corrected chi connectivity index (χ0v) is 15.5. The quantitative estimate of drug-likeness (QED) is 0.496. The Morgan fingerprint density at radius 3 is 2.00 bits per heavy atom. The third-order valence-electron chi connectivity index (χ3n) is 4.60. The summed E-state index contributed by atoms with van der Waals surface area (Å²) in [6.45, 7) is 1.68. The summed E-state index contributed by atoms with van der Waals surface area (Å²) in [7, 11) is -3.83. The van der Waals surface area contributed by atoms with Gasteiger partial charge >= 0.3 is 0 Å². The first-order chi connectivity index (χ1) is 13.0. The highest BCUT2D eigenvalue weighted by Gasteiger charge is 2.27. The molecule has 4 aromatic rings. The largest absolute Gasteiger partial charge is 0.289 e. The molecule has 27 heavy (non-hydrogen) atoms. The summed E-state index contributed by atoms with van der Waals surface area (Å²) >= 11 is 0. The van der Waals surface area contributed by atoms with Gasteiger partial charge in [0.05, 0.1) is 16.0 Å². The summed E-state index contributed by atoms with van der Waals surface area (Å²) in [5, 5.41) is 0.628. The predicted molar refractivity (Wildman–Crippen MR) is 106 cm³/mol. The Kier molecular flexibility index (Phi) is 4.16. The lowest BCUT2D eigenvalue weighted by atomic mass is 10.0. The fraction of sp³-hybridized carbons (Fsp3) is 0.0455. The van der Waals surface area contributed by atoms with Gasteiger partial charge in [0.2, 0.25) is 0 Å². The van der Waals surface area contributed by atoms with Gasteiger partial charge in [0, 0.05) is 16.6 Å². The Morgan fingerprint density at radius 1 is 0.778 bits per heavy atom. The summed E-state index contributed by atoms with van der Waals surface area (Å²) in [6.07, 6.45) is 0. The van der Waals surface area contributed by atoms with E-state index in [1.165, 1.54) is 3.97 Å².